The Bertz CT molecular complexity index is 928. The maximum atomic E-state index is 13.4. The third-order valence-corrected chi connectivity index (χ3v) is 5.80. The zero-order valence-electron chi connectivity index (χ0n) is 15.1. The van der Waals surface area contributed by atoms with E-state index in [-0.39, 0.29) is 29.2 Å². The normalized spacial score (nSPS) is 21.5. The van der Waals surface area contributed by atoms with Crippen molar-refractivity contribution >= 4 is 23.4 Å². The van der Waals surface area contributed by atoms with Crippen molar-refractivity contribution in [2.24, 2.45) is 5.92 Å². The van der Waals surface area contributed by atoms with Crippen LogP contribution >= 0.6 is 11.6 Å². The van der Waals surface area contributed by atoms with E-state index >= 15 is 0 Å². The molecule has 1 saturated carbocycles. The molecule has 4 nitrogen and oxygen atoms in total. The first-order valence-electron chi connectivity index (χ1n) is 9.23. The molecule has 1 aliphatic carbocycles. The summed E-state index contributed by atoms with van der Waals surface area (Å²) in [5.41, 5.74) is 1.12. The highest BCUT2D eigenvalue weighted by molar-refractivity contribution is 6.31. The standard InChI is InChI=1S/C21H19ClF2N2O2/c22-17-4-2-1-3-14(17)15-12-16(15)21(28)26-9-7-25(8-10-26)20(27)13-5-6-18(23)19(24)11-13/h1-6,11,15-16H,7-10,12H2. The smallest absolute Gasteiger partial charge is 0.254 e. The molecule has 4 rings (SSSR count). The second-order valence-corrected chi connectivity index (χ2v) is 7.62. The van der Waals surface area contributed by atoms with Crippen LogP contribution in [0.5, 0.6) is 0 Å². The Kier molecular flexibility index (Phi) is 5.06. The van der Waals surface area contributed by atoms with Gasteiger partial charge in [-0.25, -0.2) is 8.78 Å². The van der Waals surface area contributed by atoms with Gasteiger partial charge in [0.1, 0.15) is 0 Å². The Morgan fingerprint density at radius 2 is 1.61 bits per heavy atom. The number of amides is 2. The summed E-state index contributed by atoms with van der Waals surface area (Å²) >= 11 is 6.23. The van der Waals surface area contributed by atoms with Crippen LogP contribution in [-0.4, -0.2) is 47.8 Å². The van der Waals surface area contributed by atoms with Crippen molar-refractivity contribution in [1.82, 2.24) is 9.80 Å². The topological polar surface area (TPSA) is 40.6 Å². The van der Waals surface area contributed by atoms with Gasteiger partial charge in [-0.2, -0.15) is 0 Å². The summed E-state index contributed by atoms with van der Waals surface area (Å²) in [5, 5.41) is 0.685. The molecule has 0 bridgehead atoms. The van der Waals surface area contributed by atoms with Crippen LogP contribution in [0.2, 0.25) is 5.02 Å². The largest absolute Gasteiger partial charge is 0.339 e. The summed E-state index contributed by atoms with van der Waals surface area (Å²) in [6.45, 7) is 1.60. The minimum atomic E-state index is -1.04. The van der Waals surface area contributed by atoms with Crippen LogP contribution in [0.1, 0.15) is 28.3 Å². The number of benzene rings is 2. The van der Waals surface area contributed by atoms with Crippen molar-refractivity contribution in [3.63, 3.8) is 0 Å². The van der Waals surface area contributed by atoms with Gasteiger partial charge in [-0.3, -0.25) is 9.59 Å². The van der Waals surface area contributed by atoms with E-state index in [4.69, 9.17) is 11.6 Å². The summed E-state index contributed by atoms with van der Waals surface area (Å²) in [5.74, 6) is -2.20. The summed E-state index contributed by atoms with van der Waals surface area (Å²) in [6.07, 6.45) is 0.788. The second kappa shape index (κ2) is 7.51. The second-order valence-electron chi connectivity index (χ2n) is 7.22. The lowest BCUT2D eigenvalue weighted by molar-refractivity contribution is -0.134. The number of nitrogens with zero attached hydrogens (tertiary/aromatic N) is 2. The molecular weight excluding hydrogens is 386 g/mol. The molecule has 0 radical (unpaired) electrons. The molecule has 146 valence electrons. The maximum absolute atomic E-state index is 13.4. The van der Waals surface area contributed by atoms with Crippen LogP contribution in [0.3, 0.4) is 0 Å². The van der Waals surface area contributed by atoms with Crippen molar-refractivity contribution in [3.05, 3.63) is 70.2 Å². The lowest BCUT2D eigenvalue weighted by atomic mass is 10.1. The number of hydrogen-bond acceptors (Lipinski definition) is 2. The van der Waals surface area contributed by atoms with Crippen molar-refractivity contribution < 1.29 is 18.4 Å². The molecule has 28 heavy (non-hydrogen) atoms. The Hall–Kier alpha value is -2.47. The molecule has 2 unspecified atom stereocenters. The van der Waals surface area contributed by atoms with Gasteiger partial charge >= 0.3 is 0 Å². The fourth-order valence-electron chi connectivity index (χ4n) is 3.76. The molecule has 2 aliphatic rings. The van der Waals surface area contributed by atoms with Gasteiger partial charge in [0.25, 0.3) is 5.91 Å². The number of halogens is 3. The van der Waals surface area contributed by atoms with Crippen LogP contribution in [0.15, 0.2) is 42.5 Å². The molecule has 0 aromatic heterocycles. The molecule has 1 heterocycles. The van der Waals surface area contributed by atoms with Gasteiger partial charge in [0.2, 0.25) is 5.91 Å². The van der Waals surface area contributed by atoms with Crippen molar-refractivity contribution in [2.45, 2.75) is 12.3 Å². The predicted molar refractivity (Wildman–Crippen MR) is 101 cm³/mol. The first-order valence-corrected chi connectivity index (χ1v) is 9.61. The fraction of sp³-hybridized carbons (Fsp3) is 0.333. The fourth-order valence-corrected chi connectivity index (χ4v) is 4.04. The highest BCUT2D eigenvalue weighted by Crippen LogP contribution is 2.50. The quantitative estimate of drug-likeness (QED) is 0.782. The molecule has 2 aromatic carbocycles. The summed E-state index contributed by atoms with van der Waals surface area (Å²) in [6, 6.07) is 10.7. The first kappa shape index (κ1) is 18.9. The lowest BCUT2D eigenvalue weighted by Crippen LogP contribution is -2.51. The minimum Gasteiger partial charge on any atom is -0.339 e. The molecule has 2 atom stereocenters. The molecule has 2 amide bonds. The van der Waals surface area contributed by atoms with E-state index in [0.29, 0.717) is 31.2 Å². The van der Waals surface area contributed by atoms with Crippen LogP contribution in [0, 0.1) is 17.6 Å². The van der Waals surface area contributed by atoms with Gasteiger partial charge in [-0.05, 0) is 42.2 Å². The molecule has 7 heteroatoms. The van der Waals surface area contributed by atoms with E-state index in [0.717, 1.165) is 24.1 Å². The Morgan fingerprint density at radius 1 is 0.929 bits per heavy atom. The molecular formula is C21H19ClF2N2O2. The predicted octanol–water partition coefficient (Wildman–Crippen LogP) is 3.71. The van der Waals surface area contributed by atoms with Crippen LogP contribution in [0.4, 0.5) is 8.78 Å². The molecule has 0 spiro atoms. The Morgan fingerprint density at radius 3 is 2.29 bits per heavy atom. The highest BCUT2D eigenvalue weighted by atomic mass is 35.5. The summed E-state index contributed by atoms with van der Waals surface area (Å²) < 4.78 is 26.4. The molecule has 0 N–H and O–H groups in total. The highest BCUT2D eigenvalue weighted by Gasteiger charge is 2.46. The van der Waals surface area contributed by atoms with E-state index in [1.165, 1.54) is 6.07 Å². The van der Waals surface area contributed by atoms with Crippen LogP contribution in [0.25, 0.3) is 0 Å². The Balaban J connectivity index is 1.34. The zero-order chi connectivity index (χ0) is 19.8. The van der Waals surface area contributed by atoms with E-state index in [1.54, 1.807) is 9.80 Å². The van der Waals surface area contributed by atoms with Gasteiger partial charge in [0.15, 0.2) is 11.6 Å². The van der Waals surface area contributed by atoms with E-state index in [9.17, 15) is 18.4 Å². The van der Waals surface area contributed by atoms with Crippen LogP contribution < -0.4 is 0 Å². The van der Waals surface area contributed by atoms with Crippen LogP contribution in [-0.2, 0) is 4.79 Å². The van der Waals surface area contributed by atoms with E-state index in [1.807, 2.05) is 24.3 Å². The first-order chi connectivity index (χ1) is 13.5. The average molecular weight is 405 g/mol. The Labute approximate surface area is 166 Å². The van der Waals surface area contributed by atoms with E-state index < -0.39 is 11.6 Å². The molecule has 1 aliphatic heterocycles. The summed E-state index contributed by atoms with van der Waals surface area (Å²) in [7, 11) is 0. The molecule has 2 aromatic rings. The average Bonchev–Trinajstić information content (AvgIpc) is 3.50. The van der Waals surface area contributed by atoms with Gasteiger partial charge < -0.3 is 9.80 Å². The molecule has 2 fully saturated rings. The van der Waals surface area contributed by atoms with Gasteiger partial charge in [-0.1, -0.05) is 29.8 Å². The van der Waals surface area contributed by atoms with Gasteiger partial charge in [-0.15, -0.1) is 0 Å². The van der Waals surface area contributed by atoms with Crippen molar-refractivity contribution in [1.29, 1.82) is 0 Å². The number of piperazine rings is 1. The lowest BCUT2D eigenvalue weighted by Gasteiger charge is -2.35. The minimum absolute atomic E-state index is 0.0617. The van der Waals surface area contributed by atoms with Crippen molar-refractivity contribution in [3.8, 4) is 0 Å². The molecule has 1 saturated heterocycles. The monoisotopic (exact) mass is 404 g/mol. The number of rotatable bonds is 3. The third kappa shape index (κ3) is 3.61. The number of hydrogen-bond donors (Lipinski definition) is 0. The third-order valence-electron chi connectivity index (χ3n) is 5.46. The zero-order valence-corrected chi connectivity index (χ0v) is 15.8. The summed E-state index contributed by atoms with van der Waals surface area (Å²) in [4.78, 5) is 28.6. The van der Waals surface area contributed by atoms with Gasteiger partial charge in [0, 0.05) is 42.7 Å². The van der Waals surface area contributed by atoms with E-state index in [2.05, 4.69) is 0 Å². The van der Waals surface area contributed by atoms with Crippen molar-refractivity contribution in [2.75, 3.05) is 26.2 Å². The number of carbonyl (C=O) groups excluding carboxylic acids is 2. The maximum Gasteiger partial charge on any atom is 0.254 e. The van der Waals surface area contributed by atoms with Gasteiger partial charge in [0.05, 0.1) is 0 Å². The number of carbonyl (C=O) groups is 2. The SMILES string of the molecule is O=C(c1ccc(F)c(F)c1)N1CCN(C(=O)C2CC2c2ccccc2Cl)CC1.